The number of hydrogen-bond acceptors (Lipinski definition) is 2. The molecular formula is C13H11Br2ClN2. The van der Waals surface area contributed by atoms with Gasteiger partial charge < -0.3 is 0 Å². The van der Waals surface area contributed by atoms with Gasteiger partial charge in [0, 0.05) is 14.0 Å². The van der Waals surface area contributed by atoms with Gasteiger partial charge >= 0.3 is 0 Å². The lowest BCUT2D eigenvalue weighted by molar-refractivity contribution is 0.634. The zero-order valence-electron chi connectivity index (χ0n) is 9.33. The fourth-order valence-electron chi connectivity index (χ4n) is 1.79. The lowest BCUT2D eigenvalue weighted by atomic mass is 9.99. The highest BCUT2D eigenvalue weighted by Gasteiger charge is 2.15. The van der Waals surface area contributed by atoms with E-state index in [2.05, 4.69) is 37.3 Å². The van der Waals surface area contributed by atoms with Gasteiger partial charge in [0.2, 0.25) is 0 Å². The summed E-state index contributed by atoms with van der Waals surface area (Å²) in [6.45, 7) is 0. The highest BCUT2D eigenvalue weighted by Crippen LogP contribution is 2.31. The molecule has 0 saturated heterocycles. The fourth-order valence-corrected chi connectivity index (χ4v) is 3.26. The van der Waals surface area contributed by atoms with Crippen molar-refractivity contribution in [3.05, 3.63) is 67.6 Å². The Hall–Kier alpha value is -0.390. The first-order chi connectivity index (χ1) is 8.61. The van der Waals surface area contributed by atoms with Crippen molar-refractivity contribution in [1.82, 2.24) is 5.43 Å². The van der Waals surface area contributed by atoms with E-state index in [1.54, 1.807) is 0 Å². The molecule has 0 spiro atoms. The van der Waals surface area contributed by atoms with Crippen LogP contribution in [0.1, 0.15) is 17.2 Å². The highest BCUT2D eigenvalue weighted by atomic mass is 79.9. The molecule has 0 saturated carbocycles. The van der Waals surface area contributed by atoms with Crippen molar-refractivity contribution < 1.29 is 0 Å². The molecule has 0 aromatic heterocycles. The van der Waals surface area contributed by atoms with E-state index in [-0.39, 0.29) is 6.04 Å². The Labute approximate surface area is 128 Å². The Kier molecular flexibility index (Phi) is 4.81. The molecule has 0 aliphatic heterocycles. The van der Waals surface area contributed by atoms with Crippen LogP contribution in [0.25, 0.3) is 0 Å². The van der Waals surface area contributed by atoms with Gasteiger partial charge in [-0.1, -0.05) is 61.7 Å². The molecule has 0 amide bonds. The molecule has 2 aromatic carbocycles. The zero-order valence-corrected chi connectivity index (χ0v) is 13.3. The van der Waals surface area contributed by atoms with E-state index < -0.39 is 0 Å². The first kappa shape index (κ1) is 14.0. The summed E-state index contributed by atoms with van der Waals surface area (Å²) in [6, 6.07) is 13.5. The van der Waals surface area contributed by atoms with Crippen molar-refractivity contribution in [2.75, 3.05) is 0 Å². The second-order valence-electron chi connectivity index (χ2n) is 3.82. The average Bonchev–Trinajstić information content (AvgIpc) is 2.33. The molecule has 1 unspecified atom stereocenters. The number of hydrogen-bond donors (Lipinski definition) is 2. The van der Waals surface area contributed by atoms with E-state index in [1.165, 1.54) is 0 Å². The number of nitrogens with two attached hydrogens (primary N) is 1. The Morgan fingerprint density at radius 3 is 2.50 bits per heavy atom. The van der Waals surface area contributed by atoms with Crippen LogP contribution in [-0.2, 0) is 0 Å². The standard InChI is InChI=1S/C13H11Br2ClN2/c14-9-4-5-11(12(15)7-9)13(18-17)8-2-1-3-10(16)6-8/h1-7,13,18H,17H2. The summed E-state index contributed by atoms with van der Waals surface area (Å²) in [4.78, 5) is 0. The van der Waals surface area contributed by atoms with Crippen molar-refractivity contribution >= 4 is 43.5 Å². The molecule has 0 radical (unpaired) electrons. The second kappa shape index (κ2) is 6.17. The SMILES string of the molecule is NNC(c1cccc(Cl)c1)c1ccc(Br)cc1Br. The van der Waals surface area contributed by atoms with Gasteiger partial charge in [0.05, 0.1) is 6.04 Å². The van der Waals surface area contributed by atoms with Crippen molar-refractivity contribution in [3.8, 4) is 0 Å². The van der Waals surface area contributed by atoms with Crippen LogP contribution in [0.4, 0.5) is 0 Å². The summed E-state index contributed by atoms with van der Waals surface area (Å²) in [6.07, 6.45) is 0. The van der Waals surface area contributed by atoms with E-state index in [4.69, 9.17) is 17.4 Å². The Bertz CT molecular complexity index is 560. The predicted octanol–water partition coefficient (Wildman–Crippen LogP) is 4.42. The summed E-state index contributed by atoms with van der Waals surface area (Å²) < 4.78 is 2.00. The van der Waals surface area contributed by atoms with Gasteiger partial charge in [0.15, 0.2) is 0 Å². The van der Waals surface area contributed by atoms with Gasteiger partial charge in [-0.05, 0) is 35.4 Å². The minimum Gasteiger partial charge on any atom is -0.271 e. The monoisotopic (exact) mass is 388 g/mol. The molecule has 2 nitrogen and oxygen atoms in total. The van der Waals surface area contributed by atoms with Gasteiger partial charge in [0.25, 0.3) is 0 Å². The van der Waals surface area contributed by atoms with Crippen molar-refractivity contribution in [1.29, 1.82) is 0 Å². The Morgan fingerprint density at radius 2 is 1.89 bits per heavy atom. The lowest BCUT2D eigenvalue weighted by Gasteiger charge is -2.18. The first-order valence-electron chi connectivity index (χ1n) is 5.28. The van der Waals surface area contributed by atoms with E-state index in [0.717, 1.165) is 20.1 Å². The van der Waals surface area contributed by atoms with Gasteiger partial charge in [-0.3, -0.25) is 5.84 Å². The number of nitrogens with one attached hydrogen (secondary N) is 1. The molecule has 2 rings (SSSR count). The van der Waals surface area contributed by atoms with Crippen LogP contribution >= 0.6 is 43.5 Å². The van der Waals surface area contributed by atoms with E-state index in [9.17, 15) is 0 Å². The largest absolute Gasteiger partial charge is 0.271 e. The van der Waals surface area contributed by atoms with Crippen molar-refractivity contribution in [3.63, 3.8) is 0 Å². The maximum atomic E-state index is 6.01. The highest BCUT2D eigenvalue weighted by molar-refractivity contribution is 9.11. The Morgan fingerprint density at radius 1 is 1.11 bits per heavy atom. The van der Waals surface area contributed by atoms with E-state index in [1.807, 2.05) is 42.5 Å². The minimum absolute atomic E-state index is 0.105. The molecule has 18 heavy (non-hydrogen) atoms. The van der Waals surface area contributed by atoms with Gasteiger partial charge in [0.1, 0.15) is 0 Å². The van der Waals surface area contributed by atoms with Gasteiger partial charge in [-0.15, -0.1) is 0 Å². The van der Waals surface area contributed by atoms with Crippen LogP contribution in [0.2, 0.25) is 5.02 Å². The quantitative estimate of drug-likeness (QED) is 0.602. The fraction of sp³-hybridized carbons (Fsp3) is 0.0769. The number of benzene rings is 2. The van der Waals surface area contributed by atoms with Crippen LogP contribution in [-0.4, -0.2) is 0 Å². The summed E-state index contributed by atoms with van der Waals surface area (Å²) in [5, 5.41) is 0.695. The van der Waals surface area contributed by atoms with Crippen LogP contribution in [0.3, 0.4) is 0 Å². The lowest BCUT2D eigenvalue weighted by Crippen LogP contribution is -2.29. The first-order valence-corrected chi connectivity index (χ1v) is 7.25. The molecule has 94 valence electrons. The van der Waals surface area contributed by atoms with Crippen molar-refractivity contribution in [2.45, 2.75) is 6.04 Å². The molecule has 2 aromatic rings. The predicted molar refractivity (Wildman–Crippen MR) is 82.5 cm³/mol. The summed E-state index contributed by atoms with van der Waals surface area (Å²) >= 11 is 13.0. The number of hydrazine groups is 1. The zero-order chi connectivity index (χ0) is 13.1. The maximum absolute atomic E-state index is 6.01. The third kappa shape index (κ3) is 3.13. The molecule has 0 aliphatic carbocycles. The minimum atomic E-state index is -0.105. The van der Waals surface area contributed by atoms with Crippen LogP contribution in [0.5, 0.6) is 0 Å². The summed E-state index contributed by atoms with van der Waals surface area (Å²) in [7, 11) is 0. The van der Waals surface area contributed by atoms with Crippen LogP contribution in [0, 0.1) is 0 Å². The molecule has 0 fully saturated rings. The molecular weight excluding hydrogens is 379 g/mol. The van der Waals surface area contributed by atoms with E-state index >= 15 is 0 Å². The molecule has 0 aliphatic rings. The average molecular weight is 391 g/mol. The van der Waals surface area contributed by atoms with E-state index in [0.29, 0.717) is 5.02 Å². The van der Waals surface area contributed by atoms with Crippen molar-refractivity contribution in [2.24, 2.45) is 5.84 Å². The van der Waals surface area contributed by atoms with Gasteiger partial charge in [-0.25, -0.2) is 5.43 Å². The smallest absolute Gasteiger partial charge is 0.0721 e. The number of rotatable bonds is 3. The number of halogens is 3. The third-order valence-electron chi connectivity index (χ3n) is 2.62. The van der Waals surface area contributed by atoms with Crippen LogP contribution in [0.15, 0.2) is 51.4 Å². The maximum Gasteiger partial charge on any atom is 0.0721 e. The topological polar surface area (TPSA) is 38.0 Å². The molecule has 3 N–H and O–H groups in total. The Balaban J connectivity index is 2.45. The summed E-state index contributed by atoms with van der Waals surface area (Å²) in [5.74, 6) is 5.67. The normalized spacial score (nSPS) is 12.4. The summed E-state index contributed by atoms with van der Waals surface area (Å²) in [5.41, 5.74) is 4.90. The molecule has 1 atom stereocenters. The molecule has 0 bridgehead atoms. The molecule has 5 heteroatoms. The van der Waals surface area contributed by atoms with Gasteiger partial charge in [-0.2, -0.15) is 0 Å². The van der Waals surface area contributed by atoms with Crippen LogP contribution < -0.4 is 11.3 Å². The second-order valence-corrected chi connectivity index (χ2v) is 6.03. The third-order valence-corrected chi connectivity index (χ3v) is 4.04. The molecule has 0 heterocycles.